The highest BCUT2D eigenvalue weighted by atomic mass is 16.3. The summed E-state index contributed by atoms with van der Waals surface area (Å²) in [6.07, 6.45) is 1.99. The maximum absolute atomic E-state index is 6.19. The molecule has 5 nitrogen and oxygen atoms in total. The molecule has 0 aliphatic rings. The van der Waals surface area contributed by atoms with E-state index in [-0.39, 0.29) is 0 Å². The summed E-state index contributed by atoms with van der Waals surface area (Å²) < 4.78 is 8.05. The third-order valence-corrected chi connectivity index (χ3v) is 5.29. The Bertz CT molecular complexity index is 1510. The summed E-state index contributed by atoms with van der Waals surface area (Å²) >= 11 is 0. The van der Waals surface area contributed by atoms with E-state index in [1.807, 2.05) is 66.3 Å². The zero-order valence-corrected chi connectivity index (χ0v) is 15.7. The zero-order chi connectivity index (χ0) is 19.4. The average molecular weight is 376 g/mol. The quantitative estimate of drug-likeness (QED) is 0.389. The summed E-state index contributed by atoms with van der Waals surface area (Å²) in [5.41, 5.74) is 4.14. The Balaban J connectivity index is 1.60. The van der Waals surface area contributed by atoms with E-state index in [4.69, 9.17) is 9.52 Å². The van der Waals surface area contributed by atoms with Crippen LogP contribution in [0.3, 0.4) is 0 Å². The monoisotopic (exact) mass is 376 g/mol. The van der Waals surface area contributed by atoms with Gasteiger partial charge in [0.25, 0.3) is 0 Å². The maximum atomic E-state index is 6.19. The van der Waals surface area contributed by atoms with Gasteiger partial charge in [-0.25, -0.2) is 4.68 Å². The van der Waals surface area contributed by atoms with Crippen molar-refractivity contribution in [3.8, 4) is 17.1 Å². The second-order valence-electron chi connectivity index (χ2n) is 7.11. The van der Waals surface area contributed by atoms with Crippen molar-refractivity contribution in [2.24, 2.45) is 0 Å². The first kappa shape index (κ1) is 16.0. The topological polar surface area (TPSA) is 56.7 Å². The van der Waals surface area contributed by atoms with Crippen LogP contribution in [0, 0.1) is 6.92 Å². The average Bonchev–Trinajstić information content (AvgIpc) is 3.40. The van der Waals surface area contributed by atoms with Gasteiger partial charge in [-0.15, -0.1) is 5.10 Å². The maximum Gasteiger partial charge on any atom is 0.156 e. The summed E-state index contributed by atoms with van der Waals surface area (Å²) in [6.45, 7) is 1.92. The lowest BCUT2D eigenvalue weighted by atomic mass is 10.1. The lowest BCUT2D eigenvalue weighted by Gasteiger charge is -1.98. The van der Waals surface area contributed by atoms with Gasteiger partial charge in [-0.2, -0.15) is 10.2 Å². The van der Waals surface area contributed by atoms with Crippen LogP contribution < -0.4 is 0 Å². The molecule has 138 valence electrons. The molecule has 0 unspecified atom stereocenters. The van der Waals surface area contributed by atoms with E-state index in [9.17, 15) is 0 Å². The van der Waals surface area contributed by atoms with Gasteiger partial charge in [-0.05, 0) is 42.0 Å². The van der Waals surface area contributed by atoms with Gasteiger partial charge in [0.05, 0.1) is 16.8 Å². The molecule has 0 atom stereocenters. The summed E-state index contributed by atoms with van der Waals surface area (Å²) in [4.78, 5) is 0. The first-order valence-electron chi connectivity index (χ1n) is 9.48. The largest absolute Gasteiger partial charge is 0.454 e. The first-order valence-corrected chi connectivity index (χ1v) is 9.48. The predicted molar refractivity (Wildman–Crippen MR) is 114 cm³/mol. The number of furan rings is 1. The van der Waals surface area contributed by atoms with Crippen molar-refractivity contribution in [1.29, 1.82) is 0 Å². The van der Waals surface area contributed by atoms with Gasteiger partial charge in [-0.1, -0.05) is 48.5 Å². The number of hydrogen-bond donors (Lipinski definition) is 0. The van der Waals surface area contributed by atoms with E-state index >= 15 is 0 Å². The van der Waals surface area contributed by atoms with E-state index in [0.29, 0.717) is 11.5 Å². The highest BCUT2D eigenvalue weighted by Crippen LogP contribution is 2.35. The molecule has 0 aliphatic carbocycles. The van der Waals surface area contributed by atoms with Crippen LogP contribution in [-0.2, 0) is 0 Å². The van der Waals surface area contributed by atoms with Gasteiger partial charge in [-0.3, -0.25) is 0 Å². The van der Waals surface area contributed by atoms with Crippen LogP contribution >= 0.6 is 0 Å². The van der Waals surface area contributed by atoms with Gasteiger partial charge in [0.15, 0.2) is 5.76 Å². The van der Waals surface area contributed by atoms with Crippen LogP contribution in [-0.4, -0.2) is 20.0 Å². The number of rotatable bonds is 2. The Morgan fingerprint density at radius 2 is 1.62 bits per heavy atom. The number of benzene rings is 3. The molecule has 0 bridgehead atoms. The van der Waals surface area contributed by atoms with Crippen LogP contribution in [0.5, 0.6) is 0 Å². The smallest absolute Gasteiger partial charge is 0.156 e. The van der Waals surface area contributed by atoms with Crippen molar-refractivity contribution in [3.63, 3.8) is 0 Å². The number of aromatic nitrogens is 4. The van der Waals surface area contributed by atoms with Crippen molar-refractivity contribution < 1.29 is 4.42 Å². The molecule has 0 saturated heterocycles. The highest BCUT2D eigenvalue weighted by molar-refractivity contribution is 6.07. The molecule has 0 fully saturated rings. The molecule has 0 N–H and O–H groups in total. The zero-order valence-electron chi connectivity index (χ0n) is 15.7. The van der Waals surface area contributed by atoms with Crippen molar-refractivity contribution in [2.45, 2.75) is 6.92 Å². The number of aryl methyl sites for hydroxylation is 1. The lowest BCUT2D eigenvalue weighted by Crippen LogP contribution is -1.94. The predicted octanol–water partition coefficient (Wildman–Crippen LogP) is 5.69. The SMILES string of the molecule is Cc1nnc(-c2cc3c(ccc4ccccc43)o2)c2cn(-c3ccccc3)nc12. The van der Waals surface area contributed by atoms with Crippen LogP contribution in [0.2, 0.25) is 0 Å². The minimum absolute atomic E-state index is 0.696. The molecule has 0 radical (unpaired) electrons. The Kier molecular flexibility index (Phi) is 3.32. The highest BCUT2D eigenvalue weighted by Gasteiger charge is 2.17. The Hall–Kier alpha value is -3.99. The first-order chi connectivity index (χ1) is 14.3. The standard InChI is InChI=1S/C24H16N4O/c1-15-23-20(14-28(27-23)17-8-3-2-4-9-17)24(26-25-15)22-13-19-18-10-6-5-7-16(18)11-12-21(19)29-22/h2-14H,1H3. The number of fused-ring (bicyclic) bond motifs is 4. The van der Waals surface area contributed by atoms with Gasteiger partial charge in [0.2, 0.25) is 0 Å². The van der Waals surface area contributed by atoms with Crippen molar-refractivity contribution in [1.82, 2.24) is 20.0 Å². The van der Waals surface area contributed by atoms with Gasteiger partial charge >= 0.3 is 0 Å². The molecule has 3 aromatic heterocycles. The minimum atomic E-state index is 0.696. The fourth-order valence-electron chi connectivity index (χ4n) is 3.84. The van der Waals surface area contributed by atoms with E-state index in [1.165, 1.54) is 5.39 Å². The fraction of sp³-hybridized carbons (Fsp3) is 0.0417. The van der Waals surface area contributed by atoms with E-state index in [0.717, 1.165) is 38.6 Å². The molecule has 3 heterocycles. The Labute approximate surface area is 166 Å². The van der Waals surface area contributed by atoms with Crippen LogP contribution in [0.1, 0.15) is 5.69 Å². The minimum Gasteiger partial charge on any atom is -0.454 e. The second-order valence-corrected chi connectivity index (χ2v) is 7.11. The van der Waals surface area contributed by atoms with Crippen molar-refractivity contribution >= 4 is 32.6 Å². The van der Waals surface area contributed by atoms with Gasteiger partial charge in [0.1, 0.15) is 16.8 Å². The molecule has 0 saturated carbocycles. The fourth-order valence-corrected chi connectivity index (χ4v) is 3.84. The molecule has 5 heteroatoms. The molecule has 29 heavy (non-hydrogen) atoms. The summed E-state index contributed by atoms with van der Waals surface area (Å²) in [7, 11) is 0. The normalized spacial score (nSPS) is 11.6. The molecule has 0 aliphatic heterocycles. The van der Waals surface area contributed by atoms with Crippen molar-refractivity contribution in [3.05, 3.63) is 84.7 Å². The Morgan fingerprint density at radius 3 is 2.52 bits per heavy atom. The summed E-state index contributed by atoms with van der Waals surface area (Å²) in [5.74, 6) is 0.696. The summed E-state index contributed by atoms with van der Waals surface area (Å²) in [5, 5.41) is 17.9. The molecule has 0 amide bonds. The number of para-hydroxylation sites is 1. The van der Waals surface area contributed by atoms with Crippen LogP contribution in [0.25, 0.3) is 49.8 Å². The Morgan fingerprint density at radius 1 is 0.793 bits per heavy atom. The second kappa shape index (κ2) is 6.01. The molecular weight excluding hydrogens is 360 g/mol. The molecule has 3 aromatic carbocycles. The van der Waals surface area contributed by atoms with Crippen LogP contribution in [0.4, 0.5) is 0 Å². The number of nitrogens with zero attached hydrogens (tertiary/aromatic N) is 4. The van der Waals surface area contributed by atoms with Gasteiger partial charge < -0.3 is 4.42 Å². The number of hydrogen-bond acceptors (Lipinski definition) is 4. The van der Waals surface area contributed by atoms with E-state index < -0.39 is 0 Å². The summed E-state index contributed by atoms with van der Waals surface area (Å²) in [6, 6.07) is 24.5. The van der Waals surface area contributed by atoms with E-state index in [2.05, 4.69) is 34.5 Å². The van der Waals surface area contributed by atoms with Crippen molar-refractivity contribution in [2.75, 3.05) is 0 Å². The molecular formula is C24H16N4O. The third-order valence-electron chi connectivity index (χ3n) is 5.29. The van der Waals surface area contributed by atoms with Gasteiger partial charge in [0, 0.05) is 11.6 Å². The molecule has 6 aromatic rings. The van der Waals surface area contributed by atoms with E-state index in [1.54, 1.807) is 0 Å². The lowest BCUT2D eigenvalue weighted by molar-refractivity contribution is 0.628. The molecule has 0 spiro atoms. The third kappa shape index (κ3) is 2.44. The molecule has 6 rings (SSSR count). The van der Waals surface area contributed by atoms with Crippen LogP contribution in [0.15, 0.2) is 83.4 Å².